The molecule has 3 heteroatoms. The van der Waals surface area contributed by atoms with Gasteiger partial charge in [0.2, 0.25) is 0 Å². The van der Waals surface area contributed by atoms with Crippen LogP contribution in [-0.4, -0.2) is 18.4 Å². The molecule has 9 heavy (non-hydrogen) atoms. The Morgan fingerprint density at radius 2 is 2.33 bits per heavy atom. The molecule has 1 unspecified atom stereocenters. The third kappa shape index (κ3) is 3.58. The molecule has 0 aromatic rings. The second-order valence-electron chi connectivity index (χ2n) is 2.37. The third-order valence-corrected chi connectivity index (χ3v) is 2.53. The molecule has 1 fully saturated rings. The fourth-order valence-electron chi connectivity index (χ4n) is 1.06. The maximum absolute atomic E-state index is 3.47. The van der Waals surface area contributed by atoms with Gasteiger partial charge in [0.05, 0.1) is 0 Å². The number of hydrogen-bond donors (Lipinski definition) is 1. The Kier molecular flexibility index (Phi) is 6.27. The molecule has 0 spiro atoms. The van der Waals surface area contributed by atoms with Crippen molar-refractivity contribution < 1.29 is 0 Å². The van der Waals surface area contributed by atoms with Gasteiger partial charge in [-0.2, -0.15) is 0 Å². The standard InChI is InChI=1S/C6H12BrN.BrH/c7-4-6-2-1-3-8-5-6;/h6,8H,1-5H2;1H. The first-order valence-corrected chi connectivity index (χ1v) is 4.32. The quantitative estimate of drug-likeness (QED) is 0.710. The fourth-order valence-corrected chi connectivity index (χ4v) is 1.61. The lowest BCUT2D eigenvalue weighted by Crippen LogP contribution is -2.30. The summed E-state index contributed by atoms with van der Waals surface area (Å²) in [7, 11) is 0. The molecule has 0 radical (unpaired) electrons. The minimum atomic E-state index is 0. The van der Waals surface area contributed by atoms with Gasteiger partial charge in [-0.3, -0.25) is 0 Å². The van der Waals surface area contributed by atoms with Gasteiger partial charge in [-0.05, 0) is 31.8 Å². The van der Waals surface area contributed by atoms with Crippen molar-refractivity contribution in [3.8, 4) is 0 Å². The van der Waals surface area contributed by atoms with E-state index in [9.17, 15) is 0 Å². The van der Waals surface area contributed by atoms with E-state index in [-0.39, 0.29) is 17.0 Å². The van der Waals surface area contributed by atoms with Gasteiger partial charge >= 0.3 is 0 Å². The van der Waals surface area contributed by atoms with Crippen LogP contribution < -0.4 is 5.32 Å². The van der Waals surface area contributed by atoms with Gasteiger partial charge in [0, 0.05) is 5.33 Å². The summed E-state index contributed by atoms with van der Waals surface area (Å²) in [4.78, 5) is 0. The SMILES string of the molecule is Br.BrCC1CCCNC1. The van der Waals surface area contributed by atoms with Gasteiger partial charge in [0.15, 0.2) is 0 Å². The molecule has 0 amide bonds. The molecule has 0 bridgehead atoms. The molecule has 0 aromatic heterocycles. The number of nitrogens with one attached hydrogen (secondary N) is 1. The summed E-state index contributed by atoms with van der Waals surface area (Å²) in [6.07, 6.45) is 2.76. The van der Waals surface area contributed by atoms with Crippen LogP contribution in [0.15, 0.2) is 0 Å². The molecule has 1 heterocycles. The number of rotatable bonds is 1. The first-order chi connectivity index (χ1) is 3.93. The summed E-state index contributed by atoms with van der Waals surface area (Å²) in [6.45, 7) is 2.44. The summed E-state index contributed by atoms with van der Waals surface area (Å²) in [5, 5.41) is 4.52. The molecule has 1 aliphatic rings. The van der Waals surface area contributed by atoms with Crippen molar-refractivity contribution in [1.82, 2.24) is 5.32 Å². The maximum atomic E-state index is 3.47. The van der Waals surface area contributed by atoms with Crippen LogP contribution in [0.5, 0.6) is 0 Å². The second kappa shape index (κ2) is 5.69. The minimum absolute atomic E-state index is 0. The van der Waals surface area contributed by atoms with E-state index in [1.165, 1.54) is 31.3 Å². The second-order valence-corrected chi connectivity index (χ2v) is 3.01. The minimum Gasteiger partial charge on any atom is -0.316 e. The lowest BCUT2D eigenvalue weighted by Gasteiger charge is -2.19. The smallest absolute Gasteiger partial charge is 0.00717 e. The van der Waals surface area contributed by atoms with E-state index in [4.69, 9.17) is 0 Å². The molecule has 1 N–H and O–H groups in total. The zero-order valence-corrected chi connectivity index (χ0v) is 8.70. The molecule has 0 saturated carbocycles. The van der Waals surface area contributed by atoms with Crippen LogP contribution >= 0.6 is 32.9 Å². The number of piperidine rings is 1. The van der Waals surface area contributed by atoms with Gasteiger partial charge in [-0.25, -0.2) is 0 Å². The van der Waals surface area contributed by atoms with E-state index in [1.54, 1.807) is 0 Å². The van der Waals surface area contributed by atoms with Crippen molar-refractivity contribution in [2.75, 3.05) is 18.4 Å². The van der Waals surface area contributed by atoms with Gasteiger partial charge < -0.3 is 5.32 Å². The summed E-state index contributed by atoms with van der Waals surface area (Å²) < 4.78 is 0. The van der Waals surface area contributed by atoms with Crippen molar-refractivity contribution in [3.05, 3.63) is 0 Å². The molecule has 1 nitrogen and oxygen atoms in total. The molecule has 1 saturated heterocycles. The fraction of sp³-hybridized carbons (Fsp3) is 1.00. The van der Waals surface area contributed by atoms with Crippen LogP contribution in [0.25, 0.3) is 0 Å². The Labute approximate surface area is 75.5 Å². The predicted octanol–water partition coefficient (Wildman–Crippen LogP) is 1.96. The van der Waals surface area contributed by atoms with Crippen LogP contribution in [0.2, 0.25) is 0 Å². The van der Waals surface area contributed by atoms with Gasteiger partial charge in [-0.1, -0.05) is 15.9 Å². The van der Waals surface area contributed by atoms with Gasteiger partial charge in [-0.15, -0.1) is 17.0 Å². The number of alkyl halides is 1. The van der Waals surface area contributed by atoms with Crippen molar-refractivity contribution in [3.63, 3.8) is 0 Å². The Bertz CT molecular complexity index is 62.1. The van der Waals surface area contributed by atoms with Crippen molar-refractivity contribution in [1.29, 1.82) is 0 Å². The summed E-state index contributed by atoms with van der Waals surface area (Å²) in [6, 6.07) is 0. The molecule has 1 rings (SSSR count). The highest BCUT2D eigenvalue weighted by molar-refractivity contribution is 9.09. The van der Waals surface area contributed by atoms with Gasteiger partial charge in [0.25, 0.3) is 0 Å². The van der Waals surface area contributed by atoms with Crippen LogP contribution in [0.1, 0.15) is 12.8 Å². The number of halogens is 2. The zero-order valence-electron chi connectivity index (χ0n) is 5.40. The van der Waals surface area contributed by atoms with E-state index in [0.717, 1.165) is 5.92 Å². The lowest BCUT2D eigenvalue weighted by atomic mass is 10.0. The molecule has 56 valence electrons. The summed E-state index contributed by atoms with van der Waals surface area (Å²) >= 11 is 3.47. The highest BCUT2D eigenvalue weighted by atomic mass is 79.9. The Morgan fingerprint density at radius 1 is 1.56 bits per heavy atom. The van der Waals surface area contributed by atoms with E-state index in [0.29, 0.717) is 0 Å². The highest BCUT2D eigenvalue weighted by Gasteiger charge is 2.09. The Hall–Kier alpha value is 0.920. The molecule has 1 atom stereocenters. The largest absolute Gasteiger partial charge is 0.316 e. The van der Waals surface area contributed by atoms with Crippen molar-refractivity contribution in [2.45, 2.75) is 12.8 Å². The first kappa shape index (κ1) is 9.92. The van der Waals surface area contributed by atoms with Gasteiger partial charge in [0.1, 0.15) is 0 Å². The highest BCUT2D eigenvalue weighted by Crippen LogP contribution is 2.11. The third-order valence-electron chi connectivity index (χ3n) is 1.62. The van der Waals surface area contributed by atoms with E-state index in [2.05, 4.69) is 21.2 Å². The topological polar surface area (TPSA) is 12.0 Å². The molecule has 0 aliphatic carbocycles. The zero-order chi connectivity index (χ0) is 5.82. The first-order valence-electron chi connectivity index (χ1n) is 3.20. The van der Waals surface area contributed by atoms with E-state index in [1.807, 2.05) is 0 Å². The number of hydrogen-bond acceptors (Lipinski definition) is 1. The average Bonchev–Trinajstić information content (AvgIpc) is 1.90. The van der Waals surface area contributed by atoms with Crippen LogP contribution in [0.4, 0.5) is 0 Å². The predicted molar refractivity (Wildman–Crippen MR) is 49.7 cm³/mol. The summed E-state index contributed by atoms with van der Waals surface area (Å²) in [5.74, 6) is 0.892. The van der Waals surface area contributed by atoms with E-state index < -0.39 is 0 Å². The normalized spacial score (nSPS) is 27.0. The van der Waals surface area contributed by atoms with Crippen LogP contribution in [0, 0.1) is 5.92 Å². The molecule has 0 aromatic carbocycles. The lowest BCUT2D eigenvalue weighted by molar-refractivity contribution is 0.412. The average molecular weight is 259 g/mol. The van der Waals surface area contributed by atoms with Crippen LogP contribution in [-0.2, 0) is 0 Å². The Balaban J connectivity index is 0.000000640. The Morgan fingerprint density at radius 3 is 2.67 bits per heavy atom. The van der Waals surface area contributed by atoms with Crippen molar-refractivity contribution >= 4 is 32.9 Å². The molecular formula is C6H13Br2N. The van der Waals surface area contributed by atoms with Crippen molar-refractivity contribution in [2.24, 2.45) is 5.92 Å². The maximum Gasteiger partial charge on any atom is 0.00717 e. The molecular weight excluding hydrogens is 246 g/mol. The van der Waals surface area contributed by atoms with E-state index >= 15 is 0 Å². The molecule has 1 aliphatic heterocycles. The monoisotopic (exact) mass is 257 g/mol. The summed E-state index contributed by atoms with van der Waals surface area (Å²) in [5.41, 5.74) is 0. The van der Waals surface area contributed by atoms with Crippen LogP contribution in [0.3, 0.4) is 0 Å².